The molecule has 8 nitrogen and oxygen atoms in total. The lowest BCUT2D eigenvalue weighted by molar-refractivity contribution is 0.0695. The van der Waals surface area contributed by atoms with E-state index < -0.39 is 20.0 Å². The summed E-state index contributed by atoms with van der Waals surface area (Å²) in [7, 11) is -1.02. The van der Waals surface area contributed by atoms with E-state index in [1.165, 1.54) is 12.1 Å². The van der Waals surface area contributed by atoms with Crippen LogP contribution in [0.3, 0.4) is 0 Å². The summed E-state index contributed by atoms with van der Waals surface area (Å²) in [6.45, 7) is 9.72. The van der Waals surface area contributed by atoms with Gasteiger partial charge in [-0.3, -0.25) is 4.79 Å². The molecule has 0 bridgehead atoms. The molecule has 28 heavy (non-hydrogen) atoms. The number of aryl methyl sites for hydroxylation is 1. The Kier molecular flexibility index (Phi) is 8.74. The Morgan fingerprint density at radius 1 is 1.21 bits per heavy atom. The molecule has 0 aliphatic rings. The first-order valence-electron chi connectivity index (χ1n) is 8.66. The number of aromatic nitrogens is 2. The SMILES string of the molecule is C[Si](C)(C)CCOCn1ccnc1C=O.Cc1ccc(C(=O)O)cc1C(=O)O. The van der Waals surface area contributed by atoms with Crippen molar-refractivity contribution in [2.75, 3.05) is 6.61 Å². The van der Waals surface area contributed by atoms with Crippen LogP contribution in [-0.4, -0.2) is 52.7 Å². The van der Waals surface area contributed by atoms with Gasteiger partial charge in [0.2, 0.25) is 0 Å². The van der Waals surface area contributed by atoms with Gasteiger partial charge in [0, 0.05) is 27.1 Å². The van der Waals surface area contributed by atoms with Crippen molar-refractivity contribution in [3.63, 3.8) is 0 Å². The van der Waals surface area contributed by atoms with Crippen LogP contribution < -0.4 is 0 Å². The second-order valence-electron chi connectivity index (χ2n) is 7.36. The van der Waals surface area contributed by atoms with Gasteiger partial charge in [-0.2, -0.15) is 0 Å². The monoisotopic (exact) mass is 406 g/mol. The van der Waals surface area contributed by atoms with Gasteiger partial charge in [0.15, 0.2) is 12.1 Å². The number of hydrogen-bond donors (Lipinski definition) is 2. The number of carboxylic acids is 2. The number of benzene rings is 1. The molecule has 1 heterocycles. The Hall–Kier alpha value is -2.78. The van der Waals surface area contributed by atoms with Crippen molar-refractivity contribution < 1.29 is 29.3 Å². The minimum Gasteiger partial charge on any atom is -0.478 e. The maximum atomic E-state index is 10.6. The molecule has 0 radical (unpaired) electrons. The molecule has 0 saturated heterocycles. The summed E-state index contributed by atoms with van der Waals surface area (Å²) in [5, 5.41) is 17.3. The molecular formula is C19H26N2O6Si. The fourth-order valence-electron chi connectivity index (χ4n) is 2.07. The number of aldehydes is 1. The highest BCUT2D eigenvalue weighted by Gasteiger charge is 2.12. The molecule has 2 N–H and O–H groups in total. The van der Waals surface area contributed by atoms with Gasteiger partial charge in [0.1, 0.15) is 6.73 Å². The van der Waals surface area contributed by atoms with Gasteiger partial charge in [-0.05, 0) is 30.7 Å². The van der Waals surface area contributed by atoms with E-state index in [2.05, 4.69) is 24.6 Å². The molecule has 2 aromatic rings. The maximum absolute atomic E-state index is 10.6. The van der Waals surface area contributed by atoms with Crippen molar-refractivity contribution in [3.05, 3.63) is 53.1 Å². The lowest BCUT2D eigenvalue weighted by atomic mass is 10.1. The van der Waals surface area contributed by atoms with Crippen molar-refractivity contribution >= 4 is 26.3 Å². The summed E-state index contributed by atoms with van der Waals surface area (Å²) in [6.07, 6.45) is 4.09. The third-order valence-electron chi connectivity index (χ3n) is 3.79. The van der Waals surface area contributed by atoms with Crippen LogP contribution in [0.1, 0.15) is 36.9 Å². The Bertz CT molecular complexity index is 826. The summed E-state index contributed by atoms with van der Waals surface area (Å²) in [5.74, 6) is -1.81. The molecule has 0 aliphatic heterocycles. The average molecular weight is 407 g/mol. The second kappa shape index (κ2) is 10.5. The van der Waals surface area contributed by atoms with Crippen LogP contribution in [0.15, 0.2) is 30.6 Å². The predicted molar refractivity (Wildman–Crippen MR) is 107 cm³/mol. The van der Waals surface area contributed by atoms with E-state index in [1.807, 2.05) is 0 Å². The van der Waals surface area contributed by atoms with E-state index in [0.717, 1.165) is 25.0 Å². The number of rotatable bonds is 8. The Morgan fingerprint density at radius 3 is 2.43 bits per heavy atom. The van der Waals surface area contributed by atoms with Gasteiger partial charge in [0.25, 0.3) is 0 Å². The quantitative estimate of drug-likeness (QED) is 0.392. The molecule has 0 amide bonds. The van der Waals surface area contributed by atoms with Crippen LogP contribution in [0.25, 0.3) is 0 Å². The molecule has 0 spiro atoms. The van der Waals surface area contributed by atoms with E-state index in [-0.39, 0.29) is 11.1 Å². The molecule has 2 rings (SSSR count). The number of ether oxygens (including phenoxy) is 1. The van der Waals surface area contributed by atoms with Gasteiger partial charge in [-0.1, -0.05) is 25.7 Å². The van der Waals surface area contributed by atoms with Crippen LogP contribution in [-0.2, 0) is 11.5 Å². The number of imidazole rings is 1. The highest BCUT2D eigenvalue weighted by atomic mass is 28.3. The molecular weight excluding hydrogens is 380 g/mol. The van der Waals surface area contributed by atoms with Gasteiger partial charge in [0.05, 0.1) is 11.1 Å². The van der Waals surface area contributed by atoms with Crippen LogP contribution in [0, 0.1) is 6.92 Å². The van der Waals surface area contributed by atoms with Crippen molar-refractivity contribution in [3.8, 4) is 0 Å². The highest BCUT2D eigenvalue weighted by molar-refractivity contribution is 6.76. The van der Waals surface area contributed by atoms with Crippen LogP contribution in [0.4, 0.5) is 0 Å². The Labute approximate surface area is 164 Å². The minimum absolute atomic E-state index is 0.0111. The van der Waals surface area contributed by atoms with Crippen LogP contribution in [0.2, 0.25) is 25.7 Å². The Balaban J connectivity index is 0.000000283. The lowest BCUT2D eigenvalue weighted by Crippen LogP contribution is -2.22. The summed E-state index contributed by atoms with van der Waals surface area (Å²) in [5.41, 5.74) is 0.570. The molecule has 1 aromatic carbocycles. The van der Waals surface area contributed by atoms with E-state index in [0.29, 0.717) is 18.1 Å². The first-order valence-corrected chi connectivity index (χ1v) is 12.4. The molecule has 9 heteroatoms. The zero-order valence-electron chi connectivity index (χ0n) is 16.5. The fourth-order valence-corrected chi connectivity index (χ4v) is 2.83. The number of aromatic carboxylic acids is 2. The molecule has 0 saturated carbocycles. The normalized spacial score (nSPS) is 10.7. The number of carboxylic acid groups (broad SMARTS) is 2. The summed E-state index contributed by atoms with van der Waals surface area (Å²) >= 11 is 0. The summed E-state index contributed by atoms with van der Waals surface area (Å²) in [6, 6.07) is 5.15. The number of carbonyl (C=O) groups is 3. The lowest BCUT2D eigenvalue weighted by Gasteiger charge is -2.15. The largest absolute Gasteiger partial charge is 0.478 e. The standard InChI is InChI=1S/C10H18N2O2Si.C9H8O4/c1-15(2,3)7-6-14-9-12-5-4-11-10(12)8-13;1-5-2-3-6(8(10)11)4-7(5)9(12)13/h4-5,8H,6-7,9H2,1-3H3;2-4H,1H3,(H,10,11)(H,12,13). The topological polar surface area (TPSA) is 119 Å². The smallest absolute Gasteiger partial charge is 0.335 e. The molecule has 0 fully saturated rings. The first-order chi connectivity index (χ1) is 13.0. The third-order valence-corrected chi connectivity index (χ3v) is 5.50. The first kappa shape index (κ1) is 23.3. The van der Waals surface area contributed by atoms with E-state index in [4.69, 9.17) is 14.9 Å². The predicted octanol–water partition coefficient (Wildman–Crippen LogP) is 3.40. The van der Waals surface area contributed by atoms with Crippen LogP contribution >= 0.6 is 0 Å². The average Bonchev–Trinajstić information content (AvgIpc) is 3.06. The number of carbonyl (C=O) groups excluding carboxylic acids is 1. The molecule has 152 valence electrons. The molecule has 0 atom stereocenters. The number of hydrogen-bond acceptors (Lipinski definition) is 5. The van der Waals surface area contributed by atoms with E-state index in [9.17, 15) is 14.4 Å². The minimum atomic E-state index is -1.12. The fraction of sp³-hybridized carbons (Fsp3) is 0.368. The summed E-state index contributed by atoms with van der Waals surface area (Å²) < 4.78 is 7.20. The molecule has 0 unspecified atom stereocenters. The zero-order chi connectivity index (χ0) is 21.3. The van der Waals surface area contributed by atoms with Crippen LogP contribution in [0.5, 0.6) is 0 Å². The van der Waals surface area contributed by atoms with Gasteiger partial charge < -0.3 is 19.5 Å². The molecule has 0 aliphatic carbocycles. The van der Waals surface area contributed by atoms with Crippen molar-refractivity contribution in [2.45, 2.75) is 39.3 Å². The molecule has 1 aromatic heterocycles. The Morgan fingerprint density at radius 2 is 1.89 bits per heavy atom. The van der Waals surface area contributed by atoms with Crippen molar-refractivity contribution in [1.82, 2.24) is 9.55 Å². The van der Waals surface area contributed by atoms with E-state index in [1.54, 1.807) is 23.9 Å². The maximum Gasteiger partial charge on any atom is 0.335 e. The zero-order valence-corrected chi connectivity index (χ0v) is 17.5. The van der Waals surface area contributed by atoms with Crippen molar-refractivity contribution in [1.29, 1.82) is 0 Å². The second-order valence-corrected chi connectivity index (χ2v) is 13.0. The highest BCUT2D eigenvalue weighted by Crippen LogP contribution is 2.11. The number of nitrogens with zero attached hydrogens (tertiary/aromatic N) is 2. The van der Waals surface area contributed by atoms with Gasteiger partial charge in [-0.15, -0.1) is 0 Å². The van der Waals surface area contributed by atoms with Gasteiger partial charge >= 0.3 is 11.9 Å². The van der Waals surface area contributed by atoms with E-state index >= 15 is 0 Å². The summed E-state index contributed by atoms with van der Waals surface area (Å²) in [4.78, 5) is 35.5. The van der Waals surface area contributed by atoms with Gasteiger partial charge in [-0.25, -0.2) is 14.6 Å². The third kappa shape index (κ3) is 7.85. The van der Waals surface area contributed by atoms with Crippen molar-refractivity contribution in [2.24, 2.45) is 0 Å².